The van der Waals surface area contributed by atoms with Crippen LogP contribution in [0.15, 0.2) is 18.2 Å². The summed E-state index contributed by atoms with van der Waals surface area (Å²) in [6.07, 6.45) is 0. The van der Waals surface area contributed by atoms with E-state index < -0.39 is 5.97 Å². The molecule has 0 aliphatic heterocycles. The van der Waals surface area contributed by atoms with Gasteiger partial charge in [-0.15, -0.1) is 0 Å². The molecule has 4 heteroatoms. The topological polar surface area (TPSA) is 63.3 Å². The van der Waals surface area contributed by atoms with Gasteiger partial charge in [-0.05, 0) is 40.3 Å². The molecule has 1 aromatic rings. The fourth-order valence-corrected chi connectivity index (χ4v) is 1.58. The minimum absolute atomic E-state index is 0.302. The largest absolute Gasteiger partial charge is 0.478 e. The van der Waals surface area contributed by atoms with Crippen LogP contribution in [0.5, 0.6) is 0 Å². The summed E-state index contributed by atoms with van der Waals surface area (Å²) in [6, 6.07) is 4.92. The molecule has 64 valence electrons. The van der Waals surface area contributed by atoms with E-state index >= 15 is 0 Å². The molecule has 0 aromatic heterocycles. The molecule has 0 saturated carbocycles. The van der Waals surface area contributed by atoms with Crippen molar-refractivity contribution in [1.29, 1.82) is 0 Å². The fourth-order valence-electron chi connectivity index (χ4n) is 0.846. The summed E-state index contributed by atoms with van der Waals surface area (Å²) < 4.78 is 0.898. The summed E-state index contributed by atoms with van der Waals surface area (Å²) in [5.74, 6) is -0.906. The minimum atomic E-state index is -0.906. The number of carboxylic acid groups (broad SMARTS) is 1. The van der Waals surface area contributed by atoms with Crippen LogP contribution in [0.25, 0.3) is 0 Å². The van der Waals surface area contributed by atoms with E-state index in [0.29, 0.717) is 12.1 Å². The minimum Gasteiger partial charge on any atom is -0.478 e. The van der Waals surface area contributed by atoms with Crippen LogP contribution >= 0.6 is 22.6 Å². The van der Waals surface area contributed by atoms with E-state index in [0.717, 1.165) is 9.13 Å². The molecule has 0 heterocycles. The van der Waals surface area contributed by atoms with E-state index in [1.807, 2.05) is 0 Å². The number of benzene rings is 1. The predicted molar refractivity (Wildman–Crippen MR) is 54.0 cm³/mol. The molecule has 0 unspecified atom stereocenters. The van der Waals surface area contributed by atoms with Crippen LogP contribution < -0.4 is 5.73 Å². The highest BCUT2D eigenvalue weighted by molar-refractivity contribution is 14.1. The van der Waals surface area contributed by atoms with Crippen LogP contribution in [0, 0.1) is 3.57 Å². The average molecular weight is 277 g/mol. The first-order valence-corrected chi connectivity index (χ1v) is 4.45. The highest BCUT2D eigenvalue weighted by Gasteiger charge is 2.04. The van der Waals surface area contributed by atoms with Gasteiger partial charge in [-0.2, -0.15) is 0 Å². The monoisotopic (exact) mass is 277 g/mol. The van der Waals surface area contributed by atoms with E-state index in [1.165, 1.54) is 0 Å². The number of hydrogen-bond donors (Lipinski definition) is 2. The average Bonchev–Trinajstić information content (AvgIpc) is 2.04. The normalized spacial score (nSPS) is 9.83. The van der Waals surface area contributed by atoms with Crippen molar-refractivity contribution < 1.29 is 9.90 Å². The Morgan fingerprint density at radius 2 is 2.25 bits per heavy atom. The summed E-state index contributed by atoms with van der Waals surface area (Å²) in [5, 5.41) is 8.64. The molecule has 0 aliphatic rings. The fraction of sp³-hybridized carbons (Fsp3) is 0.125. The highest BCUT2D eigenvalue weighted by atomic mass is 127. The maximum absolute atomic E-state index is 10.5. The van der Waals surface area contributed by atoms with Crippen LogP contribution in [0.3, 0.4) is 0 Å². The maximum Gasteiger partial charge on any atom is 0.335 e. The molecule has 0 aliphatic carbocycles. The van der Waals surface area contributed by atoms with Gasteiger partial charge in [0.2, 0.25) is 0 Å². The van der Waals surface area contributed by atoms with Crippen molar-refractivity contribution in [3.8, 4) is 0 Å². The van der Waals surface area contributed by atoms with E-state index in [2.05, 4.69) is 22.6 Å². The molecule has 12 heavy (non-hydrogen) atoms. The second-order valence-corrected chi connectivity index (χ2v) is 3.48. The molecule has 0 fully saturated rings. The van der Waals surface area contributed by atoms with Gasteiger partial charge < -0.3 is 10.8 Å². The Bertz CT molecular complexity index is 312. The smallest absolute Gasteiger partial charge is 0.335 e. The van der Waals surface area contributed by atoms with E-state index in [-0.39, 0.29) is 0 Å². The molecule has 1 rings (SSSR count). The Kier molecular flexibility index (Phi) is 3.05. The third-order valence-electron chi connectivity index (χ3n) is 1.52. The highest BCUT2D eigenvalue weighted by Crippen LogP contribution is 2.13. The number of carboxylic acids is 1. The lowest BCUT2D eigenvalue weighted by Gasteiger charge is -2.01. The molecule has 3 nitrogen and oxygen atoms in total. The molecular weight excluding hydrogens is 269 g/mol. The molecule has 0 saturated heterocycles. The number of hydrogen-bond acceptors (Lipinski definition) is 2. The summed E-state index contributed by atoms with van der Waals surface area (Å²) >= 11 is 2.08. The first kappa shape index (κ1) is 9.47. The number of nitrogens with two attached hydrogens (primary N) is 1. The van der Waals surface area contributed by atoms with Crippen molar-refractivity contribution in [1.82, 2.24) is 0 Å². The van der Waals surface area contributed by atoms with E-state index in [1.54, 1.807) is 18.2 Å². The van der Waals surface area contributed by atoms with Crippen LogP contribution in [0.2, 0.25) is 0 Å². The summed E-state index contributed by atoms with van der Waals surface area (Å²) in [5.41, 5.74) is 6.70. The van der Waals surface area contributed by atoms with E-state index in [9.17, 15) is 4.79 Å². The molecular formula is C8H8INO2. The lowest BCUT2D eigenvalue weighted by molar-refractivity contribution is 0.0697. The number of rotatable bonds is 2. The van der Waals surface area contributed by atoms with Gasteiger partial charge in [-0.25, -0.2) is 4.79 Å². The quantitative estimate of drug-likeness (QED) is 0.804. The second kappa shape index (κ2) is 3.86. The Morgan fingerprint density at radius 1 is 1.58 bits per heavy atom. The van der Waals surface area contributed by atoms with Crippen molar-refractivity contribution in [3.05, 3.63) is 32.9 Å². The van der Waals surface area contributed by atoms with Crippen LogP contribution in [-0.4, -0.2) is 11.1 Å². The summed E-state index contributed by atoms with van der Waals surface area (Å²) in [6.45, 7) is 0.443. The third kappa shape index (κ3) is 1.95. The lowest BCUT2D eigenvalue weighted by atomic mass is 10.1. The maximum atomic E-state index is 10.5. The van der Waals surface area contributed by atoms with Gasteiger partial charge in [0.25, 0.3) is 0 Å². The Labute approximate surface area is 83.7 Å². The van der Waals surface area contributed by atoms with E-state index in [4.69, 9.17) is 10.8 Å². The van der Waals surface area contributed by atoms with Gasteiger partial charge in [0, 0.05) is 10.1 Å². The molecule has 0 radical (unpaired) electrons. The first-order chi connectivity index (χ1) is 5.65. The Hall–Kier alpha value is -0.620. The van der Waals surface area contributed by atoms with Crippen molar-refractivity contribution in [2.75, 3.05) is 0 Å². The van der Waals surface area contributed by atoms with Gasteiger partial charge in [0.05, 0.1) is 5.56 Å². The summed E-state index contributed by atoms with van der Waals surface area (Å²) in [7, 11) is 0. The van der Waals surface area contributed by atoms with Crippen LogP contribution in [0.1, 0.15) is 15.9 Å². The molecule has 1 aromatic carbocycles. The van der Waals surface area contributed by atoms with Crippen LogP contribution in [-0.2, 0) is 6.54 Å². The van der Waals surface area contributed by atoms with Gasteiger partial charge in [-0.3, -0.25) is 0 Å². The Morgan fingerprint density at radius 3 is 2.67 bits per heavy atom. The molecule has 0 spiro atoms. The number of halogens is 1. The van der Waals surface area contributed by atoms with Gasteiger partial charge in [0.15, 0.2) is 0 Å². The SMILES string of the molecule is NCc1ccc(C(=O)O)cc1I. The number of carbonyl (C=O) groups is 1. The van der Waals surface area contributed by atoms with Gasteiger partial charge in [0.1, 0.15) is 0 Å². The van der Waals surface area contributed by atoms with Crippen molar-refractivity contribution in [2.45, 2.75) is 6.54 Å². The lowest BCUT2D eigenvalue weighted by Crippen LogP contribution is -2.02. The number of aromatic carboxylic acids is 1. The molecule has 0 bridgehead atoms. The van der Waals surface area contributed by atoms with Crippen molar-refractivity contribution >= 4 is 28.6 Å². The zero-order valence-corrected chi connectivity index (χ0v) is 8.41. The second-order valence-electron chi connectivity index (χ2n) is 2.32. The van der Waals surface area contributed by atoms with Gasteiger partial charge >= 0.3 is 5.97 Å². The van der Waals surface area contributed by atoms with Crippen molar-refractivity contribution in [2.24, 2.45) is 5.73 Å². The van der Waals surface area contributed by atoms with Crippen molar-refractivity contribution in [3.63, 3.8) is 0 Å². The zero-order valence-electron chi connectivity index (χ0n) is 6.25. The molecule has 3 N–H and O–H groups in total. The molecule has 0 amide bonds. The predicted octanol–water partition coefficient (Wildman–Crippen LogP) is 1.45. The Balaban J connectivity index is 3.10. The summed E-state index contributed by atoms with van der Waals surface area (Å²) in [4.78, 5) is 10.5. The standard InChI is InChI=1S/C8H8INO2/c9-7-3-5(8(11)12)1-2-6(7)4-10/h1-3H,4,10H2,(H,11,12). The van der Waals surface area contributed by atoms with Gasteiger partial charge in [-0.1, -0.05) is 6.07 Å². The molecule has 0 atom stereocenters. The zero-order chi connectivity index (χ0) is 9.14. The third-order valence-corrected chi connectivity index (χ3v) is 2.52. The van der Waals surface area contributed by atoms with Crippen LogP contribution in [0.4, 0.5) is 0 Å². The first-order valence-electron chi connectivity index (χ1n) is 3.37.